The molecule has 32 heavy (non-hydrogen) atoms. The lowest BCUT2D eigenvalue weighted by Crippen LogP contribution is -2.35. The van der Waals surface area contributed by atoms with Gasteiger partial charge in [0.05, 0.1) is 27.9 Å². The van der Waals surface area contributed by atoms with Crippen LogP contribution >= 0.6 is 23.4 Å². The fourth-order valence-corrected chi connectivity index (χ4v) is 5.87. The molecule has 0 bridgehead atoms. The molecule has 1 aliphatic rings. The highest BCUT2D eigenvalue weighted by Gasteiger charge is 2.36. The van der Waals surface area contributed by atoms with E-state index in [1.54, 1.807) is 30.6 Å². The third-order valence-electron chi connectivity index (χ3n) is 5.12. The Hall–Kier alpha value is -2.33. The Balaban J connectivity index is 1.66. The Labute approximate surface area is 195 Å². The number of rotatable bonds is 7. The van der Waals surface area contributed by atoms with E-state index in [2.05, 4.69) is 4.98 Å². The van der Waals surface area contributed by atoms with Gasteiger partial charge in [-0.3, -0.25) is 9.36 Å². The summed E-state index contributed by atoms with van der Waals surface area (Å²) >= 11 is 7.58. The maximum atomic E-state index is 12.2. The van der Waals surface area contributed by atoms with Gasteiger partial charge >= 0.3 is 0 Å². The average Bonchev–Trinajstić information content (AvgIpc) is 3.30. The molecule has 0 aliphatic carbocycles. The zero-order chi connectivity index (χ0) is 23.0. The fourth-order valence-electron chi connectivity index (χ4n) is 3.67. The molecule has 2 N–H and O–H groups in total. The van der Waals surface area contributed by atoms with E-state index < -0.39 is 27.1 Å². The van der Waals surface area contributed by atoms with Crippen LogP contribution in [0.25, 0.3) is 16.1 Å². The third-order valence-corrected chi connectivity index (χ3v) is 7.65. The molecule has 0 radical (unpaired) electrons. The summed E-state index contributed by atoms with van der Waals surface area (Å²) in [5, 5.41) is 0.709. The topological polar surface area (TPSA) is 104 Å². The van der Waals surface area contributed by atoms with E-state index in [0.29, 0.717) is 16.1 Å². The number of hydrogen-bond acceptors (Lipinski definition) is 6. The van der Waals surface area contributed by atoms with Crippen molar-refractivity contribution in [1.82, 2.24) is 9.55 Å². The van der Waals surface area contributed by atoms with Crippen LogP contribution in [0.5, 0.6) is 0 Å². The van der Waals surface area contributed by atoms with Crippen LogP contribution in [0.3, 0.4) is 0 Å². The number of amides is 1. The van der Waals surface area contributed by atoms with Gasteiger partial charge < -0.3 is 10.5 Å². The van der Waals surface area contributed by atoms with E-state index in [1.165, 1.54) is 18.0 Å². The summed E-state index contributed by atoms with van der Waals surface area (Å²) in [5.74, 6) is -0.550. The van der Waals surface area contributed by atoms with Gasteiger partial charge in [-0.1, -0.05) is 47.6 Å². The summed E-state index contributed by atoms with van der Waals surface area (Å²) in [6.45, 7) is 1.87. The number of hydrogen-bond donors (Lipinski definition) is 1. The lowest BCUT2D eigenvalue weighted by Gasteiger charge is -2.22. The van der Waals surface area contributed by atoms with Gasteiger partial charge in [0.25, 0.3) is 0 Å². The van der Waals surface area contributed by atoms with Gasteiger partial charge in [-0.25, -0.2) is 13.4 Å². The molecule has 10 heteroatoms. The minimum atomic E-state index is -3.17. The van der Waals surface area contributed by atoms with Crippen molar-refractivity contribution in [2.45, 2.75) is 30.1 Å². The Bertz CT molecular complexity index is 1320. The number of thioether (sulfide) groups is 1. The summed E-state index contributed by atoms with van der Waals surface area (Å²) in [5.41, 5.74) is 8.61. The molecule has 7 nitrogen and oxygen atoms in total. The second-order valence-corrected chi connectivity index (χ2v) is 11.4. The highest BCUT2D eigenvalue weighted by atomic mass is 35.5. The number of aromatic nitrogens is 2. The predicted molar refractivity (Wildman–Crippen MR) is 128 cm³/mol. The molecule has 2 aromatic carbocycles. The summed E-state index contributed by atoms with van der Waals surface area (Å²) in [7, 11) is -3.17. The first-order valence-electron chi connectivity index (χ1n) is 9.84. The lowest BCUT2D eigenvalue weighted by molar-refractivity contribution is -0.120. The summed E-state index contributed by atoms with van der Waals surface area (Å²) in [6.07, 6.45) is 3.77. The van der Waals surface area contributed by atoms with Crippen LogP contribution in [-0.2, 0) is 25.1 Å². The summed E-state index contributed by atoms with van der Waals surface area (Å²) in [6, 6.07) is 12.7. The van der Waals surface area contributed by atoms with E-state index in [1.807, 2.05) is 35.8 Å². The number of imidazole rings is 1. The number of nitrogens with two attached hydrogens (primary N) is 1. The second kappa shape index (κ2) is 8.90. The zero-order valence-corrected chi connectivity index (χ0v) is 19.8. The zero-order valence-electron chi connectivity index (χ0n) is 17.4. The van der Waals surface area contributed by atoms with Crippen LogP contribution in [0.1, 0.15) is 24.2 Å². The van der Waals surface area contributed by atoms with Crippen molar-refractivity contribution in [3.05, 3.63) is 71.0 Å². The number of carbonyl (C=O) groups excluding carboxylic acids is 1. The molecule has 0 fully saturated rings. The number of sulfone groups is 1. The van der Waals surface area contributed by atoms with Crippen LogP contribution in [-0.4, -0.2) is 41.5 Å². The standard InChI is InChI=1S/C22H22ClN3O4S2/c1-13(15-5-3-4-6-16(15)23)30-19-10-20(31-21(19)22(24)27)26-12-25-17-8-7-14(9-18(17)26)11-32(2,28)29/h3-10,12-13,19,21H,11H2,1-2H3,(H2,24,27)/t13-,19?,21?/m1/s1. The SMILES string of the molecule is C[C@@H](OC1C=C(n2cnc3ccc(CS(C)(=O)=O)cc32)SC1C(N)=O)c1ccccc1Cl. The van der Waals surface area contributed by atoms with Crippen molar-refractivity contribution in [3.63, 3.8) is 0 Å². The van der Waals surface area contributed by atoms with Gasteiger partial charge in [0, 0.05) is 11.3 Å². The summed E-state index contributed by atoms with van der Waals surface area (Å²) < 4.78 is 31.4. The van der Waals surface area contributed by atoms with Crippen molar-refractivity contribution in [1.29, 1.82) is 0 Å². The van der Waals surface area contributed by atoms with E-state index in [4.69, 9.17) is 22.1 Å². The highest BCUT2D eigenvalue weighted by Crippen LogP contribution is 2.41. The molecule has 1 aliphatic heterocycles. The third kappa shape index (κ3) is 4.85. The van der Waals surface area contributed by atoms with E-state index >= 15 is 0 Å². The van der Waals surface area contributed by atoms with Crippen LogP contribution in [0.15, 0.2) is 54.9 Å². The molecular formula is C22H22ClN3O4S2. The number of fused-ring (bicyclic) bond motifs is 1. The maximum Gasteiger partial charge on any atom is 0.233 e. The first-order valence-corrected chi connectivity index (χ1v) is 13.2. The molecule has 1 amide bonds. The molecule has 1 aromatic heterocycles. The minimum absolute atomic E-state index is 0.0642. The Kier molecular flexibility index (Phi) is 6.35. The first kappa shape index (κ1) is 22.8. The van der Waals surface area contributed by atoms with Crippen LogP contribution in [0.4, 0.5) is 0 Å². The van der Waals surface area contributed by atoms with Gasteiger partial charge in [-0.05, 0) is 42.3 Å². The van der Waals surface area contributed by atoms with Gasteiger partial charge in [-0.2, -0.15) is 0 Å². The van der Waals surface area contributed by atoms with Crippen molar-refractivity contribution in [3.8, 4) is 0 Å². The molecule has 3 aromatic rings. The molecule has 168 valence electrons. The molecule has 0 saturated heterocycles. The maximum absolute atomic E-state index is 12.2. The number of benzene rings is 2. The van der Waals surface area contributed by atoms with E-state index in [-0.39, 0.29) is 11.9 Å². The first-order chi connectivity index (χ1) is 15.1. The van der Waals surface area contributed by atoms with Gasteiger partial charge in [-0.15, -0.1) is 0 Å². The largest absolute Gasteiger partial charge is 0.369 e. The Morgan fingerprint density at radius 1 is 1.31 bits per heavy atom. The fraction of sp³-hybridized carbons (Fsp3) is 0.273. The molecule has 3 atom stereocenters. The number of nitrogens with zero attached hydrogens (tertiary/aromatic N) is 2. The lowest BCUT2D eigenvalue weighted by atomic mass is 10.1. The van der Waals surface area contributed by atoms with Crippen LogP contribution in [0.2, 0.25) is 5.02 Å². The van der Waals surface area contributed by atoms with Crippen LogP contribution in [0, 0.1) is 0 Å². The smallest absolute Gasteiger partial charge is 0.233 e. The molecule has 0 spiro atoms. The van der Waals surface area contributed by atoms with Gasteiger partial charge in [0.15, 0.2) is 9.84 Å². The van der Waals surface area contributed by atoms with Crippen molar-refractivity contribution < 1.29 is 17.9 Å². The Morgan fingerprint density at radius 2 is 2.06 bits per heavy atom. The normalized spacial score (nSPS) is 19.8. The van der Waals surface area contributed by atoms with Gasteiger partial charge in [0.2, 0.25) is 5.91 Å². The number of halogens is 1. The van der Waals surface area contributed by atoms with E-state index in [9.17, 15) is 13.2 Å². The predicted octanol–water partition coefficient (Wildman–Crippen LogP) is 3.78. The monoisotopic (exact) mass is 491 g/mol. The second-order valence-electron chi connectivity index (χ2n) is 7.72. The highest BCUT2D eigenvalue weighted by molar-refractivity contribution is 8.09. The molecule has 2 unspecified atom stereocenters. The molecule has 4 rings (SSSR count). The minimum Gasteiger partial charge on any atom is -0.369 e. The Morgan fingerprint density at radius 3 is 2.75 bits per heavy atom. The summed E-state index contributed by atoms with van der Waals surface area (Å²) in [4.78, 5) is 16.6. The number of primary amides is 1. The molecule has 2 heterocycles. The van der Waals surface area contributed by atoms with E-state index in [0.717, 1.165) is 16.1 Å². The molecular weight excluding hydrogens is 470 g/mol. The van der Waals surface area contributed by atoms with Crippen molar-refractivity contribution in [2.24, 2.45) is 5.73 Å². The average molecular weight is 492 g/mol. The number of carbonyl (C=O) groups is 1. The molecule has 0 saturated carbocycles. The van der Waals surface area contributed by atoms with Crippen LogP contribution < -0.4 is 5.73 Å². The quantitative estimate of drug-likeness (QED) is 0.539. The van der Waals surface area contributed by atoms with Crippen molar-refractivity contribution in [2.75, 3.05) is 6.26 Å². The number of ether oxygens (including phenoxy) is 1. The van der Waals surface area contributed by atoms with Gasteiger partial charge in [0.1, 0.15) is 17.7 Å². The van der Waals surface area contributed by atoms with Crippen molar-refractivity contribution >= 4 is 55.2 Å².